The highest BCUT2D eigenvalue weighted by atomic mass is 16.4. The number of carboxylic acid groups (broad SMARTS) is 1. The number of hydrogen-bond acceptors (Lipinski definition) is 4. The zero-order chi connectivity index (χ0) is 16.0. The summed E-state index contributed by atoms with van der Waals surface area (Å²) in [6, 6.07) is 4.05. The van der Waals surface area contributed by atoms with Crippen molar-refractivity contribution in [3.63, 3.8) is 0 Å². The van der Waals surface area contributed by atoms with E-state index < -0.39 is 5.97 Å². The number of aryl methyl sites for hydroxylation is 2. The Kier molecular flexibility index (Phi) is 5.71. The van der Waals surface area contributed by atoms with Crippen LogP contribution in [-0.4, -0.2) is 22.6 Å². The number of aliphatic carboxylic acids is 1. The molecule has 0 aliphatic rings. The number of rotatable bonds is 7. The molecule has 0 aliphatic heterocycles. The molecule has 5 heteroatoms. The van der Waals surface area contributed by atoms with E-state index >= 15 is 0 Å². The Morgan fingerprint density at radius 1 is 1.43 bits per heavy atom. The second kappa shape index (κ2) is 7.07. The average Bonchev–Trinajstić information content (AvgIpc) is 2.36. The molecular weight excluding hydrogens is 266 g/mol. The number of nitrogens with zero attached hydrogens (tertiary/aromatic N) is 2. The molecule has 0 aliphatic carbocycles. The van der Waals surface area contributed by atoms with E-state index in [1.165, 1.54) is 0 Å². The Hall–Kier alpha value is -2.09. The maximum Gasteiger partial charge on any atom is 0.303 e. The Balaban J connectivity index is 2.64. The number of nitriles is 1. The van der Waals surface area contributed by atoms with Gasteiger partial charge in [-0.25, -0.2) is 0 Å². The van der Waals surface area contributed by atoms with E-state index in [0.29, 0.717) is 18.5 Å². The van der Waals surface area contributed by atoms with E-state index in [0.717, 1.165) is 23.5 Å². The Morgan fingerprint density at radius 2 is 2.10 bits per heavy atom. The van der Waals surface area contributed by atoms with Crippen molar-refractivity contribution in [3.8, 4) is 6.07 Å². The first-order valence-corrected chi connectivity index (χ1v) is 7.09. The zero-order valence-corrected chi connectivity index (χ0v) is 13.2. The Labute approximate surface area is 126 Å². The molecule has 0 spiro atoms. The van der Waals surface area contributed by atoms with Crippen LogP contribution in [0.2, 0.25) is 0 Å². The van der Waals surface area contributed by atoms with Crippen molar-refractivity contribution in [1.29, 1.82) is 5.26 Å². The summed E-state index contributed by atoms with van der Waals surface area (Å²) < 4.78 is 0. The molecule has 1 aromatic rings. The van der Waals surface area contributed by atoms with E-state index in [1.54, 1.807) is 0 Å². The van der Waals surface area contributed by atoms with Crippen LogP contribution in [0.1, 0.15) is 50.1 Å². The molecule has 1 rings (SSSR count). The van der Waals surface area contributed by atoms with Crippen molar-refractivity contribution in [2.24, 2.45) is 5.41 Å². The molecule has 0 bridgehead atoms. The predicted molar refractivity (Wildman–Crippen MR) is 82.2 cm³/mol. The number of carboxylic acids is 1. The molecule has 0 fully saturated rings. The lowest BCUT2D eigenvalue weighted by Crippen LogP contribution is -2.18. The van der Waals surface area contributed by atoms with Crippen LogP contribution < -0.4 is 5.32 Å². The van der Waals surface area contributed by atoms with Gasteiger partial charge in [0.05, 0.1) is 16.9 Å². The minimum atomic E-state index is -0.761. The number of nitrogens with one attached hydrogen (secondary N) is 1. The number of aromatic nitrogens is 1. The highest BCUT2D eigenvalue weighted by Gasteiger charge is 2.19. The fraction of sp³-hybridized carbons (Fsp3) is 0.562. The van der Waals surface area contributed by atoms with Gasteiger partial charge in [0.15, 0.2) is 0 Å². The maximum atomic E-state index is 10.6. The lowest BCUT2D eigenvalue weighted by atomic mass is 9.84. The van der Waals surface area contributed by atoms with Crippen LogP contribution in [0.15, 0.2) is 6.07 Å². The topological polar surface area (TPSA) is 86.0 Å². The van der Waals surface area contributed by atoms with E-state index in [-0.39, 0.29) is 11.8 Å². The highest BCUT2D eigenvalue weighted by Crippen LogP contribution is 2.27. The van der Waals surface area contributed by atoms with Gasteiger partial charge in [-0.1, -0.05) is 13.8 Å². The molecule has 0 saturated heterocycles. The Morgan fingerprint density at radius 3 is 2.67 bits per heavy atom. The summed E-state index contributed by atoms with van der Waals surface area (Å²) in [5.74, 6) is -0.761. The largest absolute Gasteiger partial charge is 0.481 e. The highest BCUT2D eigenvalue weighted by molar-refractivity contribution is 5.66. The molecule has 5 nitrogen and oxygen atoms in total. The summed E-state index contributed by atoms with van der Waals surface area (Å²) in [6.07, 6.45) is 1.67. The Bertz CT molecular complexity index is 559. The van der Waals surface area contributed by atoms with Gasteiger partial charge in [-0.2, -0.15) is 5.26 Å². The van der Waals surface area contributed by atoms with Crippen LogP contribution in [0, 0.1) is 30.6 Å². The van der Waals surface area contributed by atoms with Crippen LogP contribution in [0.4, 0.5) is 5.69 Å². The first-order chi connectivity index (χ1) is 9.75. The van der Waals surface area contributed by atoms with Gasteiger partial charge >= 0.3 is 5.97 Å². The van der Waals surface area contributed by atoms with Gasteiger partial charge in [0, 0.05) is 18.7 Å². The smallest absolute Gasteiger partial charge is 0.303 e. The van der Waals surface area contributed by atoms with Crippen molar-refractivity contribution in [1.82, 2.24) is 4.98 Å². The van der Waals surface area contributed by atoms with Crippen LogP contribution in [0.25, 0.3) is 0 Å². The number of anilines is 1. The summed E-state index contributed by atoms with van der Waals surface area (Å²) in [6.45, 7) is 8.55. The van der Waals surface area contributed by atoms with Crippen molar-refractivity contribution < 1.29 is 9.90 Å². The summed E-state index contributed by atoms with van der Waals surface area (Å²) >= 11 is 0. The number of hydrogen-bond donors (Lipinski definition) is 2. The van der Waals surface area contributed by atoms with Crippen molar-refractivity contribution in [3.05, 3.63) is 23.0 Å². The molecule has 1 heterocycles. The minimum Gasteiger partial charge on any atom is -0.481 e. The quantitative estimate of drug-likeness (QED) is 0.804. The normalized spacial score (nSPS) is 11.0. The van der Waals surface area contributed by atoms with E-state index in [1.807, 2.05) is 19.9 Å². The molecule has 0 unspecified atom stereocenters. The molecule has 0 saturated carbocycles. The molecule has 114 valence electrons. The fourth-order valence-corrected chi connectivity index (χ4v) is 2.22. The lowest BCUT2D eigenvalue weighted by Gasteiger charge is -2.24. The van der Waals surface area contributed by atoms with E-state index in [9.17, 15) is 10.1 Å². The summed E-state index contributed by atoms with van der Waals surface area (Å²) in [5.41, 5.74) is 2.93. The average molecular weight is 289 g/mol. The van der Waals surface area contributed by atoms with E-state index in [4.69, 9.17) is 5.11 Å². The number of pyridine rings is 1. The van der Waals surface area contributed by atoms with Gasteiger partial charge in [0.2, 0.25) is 0 Å². The van der Waals surface area contributed by atoms with Crippen molar-refractivity contribution >= 4 is 11.7 Å². The summed E-state index contributed by atoms with van der Waals surface area (Å²) in [4.78, 5) is 14.9. The van der Waals surface area contributed by atoms with Gasteiger partial charge in [-0.15, -0.1) is 0 Å². The van der Waals surface area contributed by atoms with Crippen molar-refractivity contribution in [2.45, 2.75) is 47.0 Å². The predicted octanol–water partition coefficient (Wildman–Crippen LogP) is 3.26. The first kappa shape index (κ1) is 17.0. The second-order valence-electron chi connectivity index (χ2n) is 6.12. The van der Waals surface area contributed by atoms with Crippen LogP contribution in [0.5, 0.6) is 0 Å². The third kappa shape index (κ3) is 5.42. The van der Waals surface area contributed by atoms with Crippen LogP contribution in [0.3, 0.4) is 0 Å². The summed E-state index contributed by atoms with van der Waals surface area (Å²) in [5, 5.41) is 21.2. The van der Waals surface area contributed by atoms with Gasteiger partial charge in [-0.3, -0.25) is 9.78 Å². The molecular formula is C16H23N3O2. The third-order valence-electron chi connectivity index (χ3n) is 3.57. The van der Waals surface area contributed by atoms with Crippen LogP contribution in [-0.2, 0) is 4.79 Å². The molecule has 0 radical (unpaired) electrons. The third-order valence-corrected chi connectivity index (χ3v) is 3.57. The molecule has 1 aromatic heterocycles. The molecule has 0 aromatic carbocycles. The lowest BCUT2D eigenvalue weighted by molar-refractivity contribution is -0.137. The van der Waals surface area contributed by atoms with Crippen molar-refractivity contribution in [2.75, 3.05) is 11.9 Å². The standard InChI is InChI=1S/C16H23N3O2/c1-11-9-14(13(10-17)12(2)19-11)18-8-7-16(3,4)6-5-15(20)21/h9H,5-8H2,1-4H3,(H,18,19)(H,20,21). The van der Waals surface area contributed by atoms with Gasteiger partial charge in [0.1, 0.15) is 6.07 Å². The van der Waals surface area contributed by atoms with Gasteiger partial charge in [0.25, 0.3) is 0 Å². The number of carbonyl (C=O) groups is 1. The van der Waals surface area contributed by atoms with Gasteiger partial charge in [-0.05, 0) is 38.2 Å². The maximum absolute atomic E-state index is 10.6. The minimum absolute atomic E-state index is 0.0463. The van der Waals surface area contributed by atoms with Crippen LogP contribution >= 0.6 is 0 Å². The monoisotopic (exact) mass is 289 g/mol. The second-order valence-corrected chi connectivity index (χ2v) is 6.12. The SMILES string of the molecule is Cc1cc(NCCC(C)(C)CCC(=O)O)c(C#N)c(C)n1. The zero-order valence-electron chi connectivity index (χ0n) is 13.2. The molecule has 2 N–H and O–H groups in total. The molecule has 21 heavy (non-hydrogen) atoms. The molecule has 0 atom stereocenters. The summed E-state index contributed by atoms with van der Waals surface area (Å²) in [7, 11) is 0. The van der Waals surface area contributed by atoms with E-state index in [2.05, 4.69) is 30.2 Å². The fourth-order valence-electron chi connectivity index (χ4n) is 2.22. The van der Waals surface area contributed by atoms with Gasteiger partial charge < -0.3 is 10.4 Å². The molecule has 0 amide bonds. The first-order valence-electron chi connectivity index (χ1n) is 7.09.